The summed E-state index contributed by atoms with van der Waals surface area (Å²) in [6.07, 6.45) is 22.7. The van der Waals surface area contributed by atoms with Crippen molar-refractivity contribution in [3.8, 4) is 11.8 Å². The van der Waals surface area contributed by atoms with Crippen LogP contribution in [0.1, 0.15) is 110 Å². The van der Waals surface area contributed by atoms with E-state index in [-0.39, 0.29) is 0 Å². The van der Waals surface area contributed by atoms with Crippen LogP contribution >= 0.6 is 22.6 Å². The molecule has 0 bridgehead atoms. The number of rotatable bonds is 4. The van der Waals surface area contributed by atoms with E-state index in [2.05, 4.69) is 46.7 Å². The molecule has 1 aliphatic heterocycles. The van der Waals surface area contributed by atoms with Crippen molar-refractivity contribution in [2.75, 3.05) is 0 Å². The second-order valence-corrected chi connectivity index (χ2v) is 12.6. The summed E-state index contributed by atoms with van der Waals surface area (Å²) in [5.41, 5.74) is 0. The molecular weight excluding hydrogens is 465 g/mol. The van der Waals surface area contributed by atoms with Gasteiger partial charge in [-0.3, -0.25) is 0 Å². The van der Waals surface area contributed by atoms with Crippen LogP contribution in [-0.4, -0.2) is 16.0 Å². The molecule has 3 aliphatic carbocycles. The zero-order chi connectivity index (χ0) is 20.1. The van der Waals surface area contributed by atoms with Crippen LogP contribution in [0.15, 0.2) is 0 Å². The molecule has 1 heterocycles. The third-order valence-electron chi connectivity index (χ3n) is 9.12. The zero-order valence-corrected chi connectivity index (χ0v) is 21.0. The lowest BCUT2D eigenvalue weighted by molar-refractivity contribution is 0.0968. The Balaban J connectivity index is 1.45. The van der Waals surface area contributed by atoms with Gasteiger partial charge in [-0.05, 0) is 93.8 Å². The summed E-state index contributed by atoms with van der Waals surface area (Å²) < 4.78 is 0.946. The first-order valence-corrected chi connectivity index (χ1v) is 14.3. The van der Waals surface area contributed by atoms with Crippen LogP contribution in [0.25, 0.3) is 0 Å². The normalized spacial score (nSPS) is 44.2. The third kappa shape index (κ3) is 6.15. The fraction of sp³-hybridized carbons (Fsp3) is 0.926. The summed E-state index contributed by atoms with van der Waals surface area (Å²) in [6.45, 7) is 2.41. The molecule has 0 radical (unpaired) electrons. The number of alkyl halides is 1. The predicted octanol–water partition coefficient (Wildman–Crippen LogP) is 7.52. The van der Waals surface area contributed by atoms with Gasteiger partial charge in [0.05, 0.1) is 0 Å². The Morgan fingerprint density at radius 2 is 1.45 bits per heavy atom. The van der Waals surface area contributed by atoms with Crippen LogP contribution in [0.2, 0.25) is 0 Å². The van der Waals surface area contributed by atoms with Crippen molar-refractivity contribution in [2.45, 2.75) is 126 Å². The quantitative estimate of drug-likeness (QED) is 0.179. The van der Waals surface area contributed by atoms with E-state index in [1.165, 1.54) is 89.9 Å². The average Bonchev–Trinajstić information content (AvgIpc) is 3.17. The van der Waals surface area contributed by atoms with Crippen molar-refractivity contribution in [2.24, 2.45) is 29.6 Å². The molecule has 3 fully saturated rings. The Bertz CT molecular complexity index is 555. The van der Waals surface area contributed by atoms with Gasteiger partial charge in [0, 0.05) is 28.8 Å². The first-order chi connectivity index (χ1) is 14.2. The van der Waals surface area contributed by atoms with Gasteiger partial charge in [-0.2, -0.15) is 0 Å². The Morgan fingerprint density at radius 1 is 0.724 bits per heavy atom. The van der Waals surface area contributed by atoms with Crippen LogP contribution in [0.5, 0.6) is 0 Å². The number of piperidine rings is 1. The fourth-order valence-electron chi connectivity index (χ4n) is 7.16. The second-order valence-electron chi connectivity index (χ2n) is 10.9. The Morgan fingerprint density at radius 3 is 2.24 bits per heavy atom. The van der Waals surface area contributed by atoms with Gasteiger partial charge in [0.15, 0.2) is 0 Å². The maximum Gasteiger partial charge on any atom is 0.0132 e. The van der Waals surface area contributed by atoms with Gasteiger partial charge < -0.3 is 5.32 Å². The van der Waals surface area contributed by atoms with Crippen molar-refractivity contribution >= 4 is 22.6 Å². The van der Waals surface area contributed by atoms with Crippen LogP contribution in [-0.2, 0) is 0 Å². The van der Waals surface area contributed by atoms with Crippen molar-refractivity contribution < 1.29 is 0 Å². The predicted molar refractivity (Wildman–Crippen MR) is 133 cm³/mol. The molecule has 29 heavy (non-hydrogen) atoms. The highest BCUT2D eigenvalue weighted by Gasteiger charge is 2.39. The third-order valence-corrected chi connectivity index (χ3v) is 10.4. The van der Waals surface area contributed by atoms with Crippen LogP contribution in [0.3, 0.4) is 0 Å². The largest absolute Gasteiger partial charge is 0.311 e. The highest BCUT2D eigenvalue weighted by molar-refractivity contribution is 14.1. The van der Waals surface area contributed by atoms with E-state index >= 15 is 0 Å². The molecule has 4 aliphatic rings. The standard InChI is InChI=1S/C27H44IN/c1-2-20-8-7-11-23(13-12-20)27-19-24(21-14-16-25(28)17-15-21)18-26(29-27)22-9-5-3-4-6-10-22/h20-27,29H,2-3,5,7-19H2,1H3. The summed E-state index contributed by atoms with van der Waals surface area (Å²) in [5, 5.41) is 4.29. The number of nitrogens with one attached hydrogen (secondary N) is 1. The summed E-state index contributed by atoms with van der Waals surface area (Å²) in [5.74, 6) is 11.7. The molecule has 0 amide bonds. The van der Waals surface area contributed by atoms with Gasteiger partial charge in [-0.15, -0.1) is 11.8 Å². The SMILES string of the molecule is CCC1CCCC(C2CC(C3CCC(I)CC3)CC(C3CC#CCCC3)N2)CC1. The van der Waals surface area contributed by atoms with Crippen LogP contribution < -0.4 is 5.32 Å². The number of hydrogen-bond donors (Lipinski definition) is 1. The lowest BCUT2D eigenvalue weighted by Crippen LogP contribution is -2.53. The Labute approximate surface area is 194 Å². The van der Waals surface area contributed by atoms with E-state index in [4.69, 9.17) is 0 Å². The molecule has 0 spiro atoms. The monoisotopic (exact) mass is 509 g/mol. The molecule has 2 saturated carbocycles. The van der Waals surface area contributed by atoms with Crippen molar-refractivity contribution in [3.05, 3.63) is 0 Å². The lowest BCUT2D eigenvalue weighted by atomic mass is 9.68. The molecule has 0 aromatic heterocycles. The van der Waals surface area contributed by atoms with Gasteiger partial charge in [0.2, 0.25) is 0 Å². The van der Waals surface area contributed by atoms with Gasteiger partial charge in [0.1, 0.15) is 0 Å². The minimum Gasteiger partial charge on any atom is -0.311 e. The molecule has 6 atom stereocenters. The minimum atomic E-state index is 0.744. The van der Waals surface area contributed by atoms with E-state index in [0.717, 1.165) is 58.4 Å². The second kappa shape index (κ2) is 11.2. The van der Waals surface area contributed by atoms with E-state index in [1.807, 2.05) is 0 Å². The van der Waals surface area contributed by atoms with Crippen LogP contribution in [0.4, 0.5) is 0 Å². The maximum absolute atomic E-state index is 4.29. The molecule has 0 aromatic carbocycles. The van der Waals surface area contributed by atoms with Crippen LogP contribution in [0, 0.1) is 41.4 Å². The highest BCUT2D eigenvalue weighted by atomic mass is 127. The van der Waals surface area contributed by atoms with E-state index < -0.39 is 0 Å². The van der Waals surface area contributed by atoms with Gasteiger partial charge in [-0.1, -0.05) is 55.2 Å². The molecule has 164 valence electrons. The molecule has 1 saturated heterocycles. The number of halogens is 1. The van der Waals surface area contributed by atoms with Crippen molar-refractivity contribution in [1.29, 1.82) is 0 Å². The van der Waals surface area contributed by atoms with Crippen molar-refractivity contribution in [1.82, 2.24) is 5.32 Å². The number of hydrogen-bond acceptors (Lipinski definition) is 1. The zero-order valence-electron chi connectivity index (χ0n) is 18.8. The fourth-order valence-corrected chi connectivity index (χ4v) is 7.88. The van der Waals surface area contributed by atoms with Gasteiger partial charge >= 0.3 is 0 Å². The topological polar surface area (TPSA) is 12.0 Å². The Kier molecular flexibility index (Phi) is 8.68. The Hall–Kier alpha value is 0.250. The molecule has 1 N–H and O–H groups in total. The highest BCUT2D eigenvalue weighted by Crippen LogP contribution is 2.43. The maximum atomic E-state index is 4.29. The molecule has 6 unspecified atom stereocenters. The molecule has 0 aromatic rings. The summed E-state index contributed by atoms with van der Waals surface area (Å²) in [6, 6.07) is 1.54. The van der Waals surface area contributed by atoms with Gasteiger partial charge in [-0.25, -0.2) is 0 Å². The first kappa shape index (κ1) is 22.4. The van der Waals surface area contributed by atoms with E-state index in [1.54, 1.807) is 0 Å². The molecule has 1 nitrogen and oxygen atoms in total. The van der Waals surface area contributed by atoms with Crippen molar-refractivity contribution in [3.63, 3.8) is 0 Å². The summed E-state index contributed by atoms with van der Waals surface area (Å²) in [4.78, 5) is 0. The molecule has 4 rings (SSSR count). The molecule has 2 heteroatoms. The average molecular weight is 510 g/mol. The lowest BCUT2D eigenvalue weighted by Gasteiger charge is -2.46. The smallest absolute Gasteiger partial charge is 0.0132 e. The minimum absolute atomic E-state index is 0.744. The summed E-state index contributed by atoms with van der Waals surface area (Å²) in [7, 11) is 0. The van der Waals surface area contributed by atoms with E-state index in [0.29, 0.717) is 0 Å². The van der Waals surface area contributed by atoms with E-state index in [9.17, 15) is 0 Å². The van der Waals surface area contributed by atoms with Gasteiger partial charge in [0.25, 0.3) is 0 Å². The summed E-state index contributed by atoms with van der Waals surface area (Å²) >= 11 is 2.70. The first-order valence-electron chi connectivity index (χ1n) is 13.1. The molecular formula is C27H44IN.